The van der Waals surface area contributed by atoms with E-state index in [1.165, 1.54) is 26.1 Å². The van der Waals surface area contributed by atoms with E-state index in [-0.39, 0.29) is 0 Å². The molecule has 0 fully saturated rings. The molecule has 0 aliphatic carbocycles. The largest absolute Gasteiger partial charge is 0.372 e. The standard InChI is InChI=1S/C10H10N2S2/c1-6-12-8-4-7-2-3-13-10(7)11-5-9(8)14-6/h2-3,11H,4-5H2,1H3. The Morgan fingerprint density at radius 2 is 2.43 bits per heavy atom. The number of thiazole rings is 1. The molecule has 1 aliphatic heterocycles. The van der Waals surface area contributed by atoms with Gasteiger partial charge in [-0.2, -0.15) is 0 Å². The van der Waals surface area contributed by atoms with Crippen molar-refractivity contribution >= 4 is 27.7 Å². The van der Waals surface area contributed by atoms with Crippen LogP contribution in [-0.2, 0) is 13.0 Å². The maximum atomic E-state index is 4.57. The van der Waals surface area contributed by atoms with Crippen LogP contribution in [0.5, 0.6) is 0 Å². The van der Waals surface area contributed by atoms with Crippen molar-refractivity contribution in [2.45, 2.75) is 19.9 Å². The van der Waals surface area contributed by atoms with Gasteiger partial charge in [0.1, 0.15) is 0 Å². The Balaban J connectivity index is 2.08. The predicted molar refractivity (Wildman–Crippen MR) is 61.3 cm³/mol. The number of nitrogens with one attached hydrogen (secondary N) is 1. The van der Waals surface area contributed by atoms with Gasteiger partial charge in [0, 0.05) is 11.3 Å². The molecule has 0 spiro atoms. The van der Waals surface area contributed by atoms with Crippen LogP contribution in [-0.4, -0.2) is 4.98 Å². The molecule has 0 aromatic carbocycles. The van der Waals surface area contributed by atoms with Crippen molar-refractivity contribution in [1.29, 1.82) is 0 Å². The minimum atomic E-state index is 0.939. The van der Waals surface area contributed by atoms with Gasteiger partial charge in [0.05, 0.1) is 22.2 Å². The lowest BCUT2D eigenvalue weighted by Crippen LogP contribution is -1.94. The summed E-state index contributed by atoms with van der Waals surface area (Å²) in [5, 5.41) is 8.09. The monoisotopic (exact) mass is 222 g/mol. The molecule has 0 saturated carbocycles. The summed E-state index contributed by atoms with van der Waals surface area (Å²) in [5.41, 5.74) is 2.65. The van der Waals surface area contributed by atoms with Crippen molar-refractivity contribution in [3.05, 3.63) is 32.6 Å². The highest BCUT2D eigenvalue weighted by molar-refractivity contribution is 7.14. The number of hydrogen-bond acceptors (Lipinski definition) is 4. The lowest BCUT2D eigenvalue weighted by molar-refractivity contribution is 1.07. The summed E-state index contributed by atoms with van der Waals surface area (Å²) in [7, 11) is 0. The summed E-state index contributed by atoms with van der Waals surface area (Å²) in [6.45, 7) is 3.02. The van der Waals surface area contributed by atoms with Gasteiger partial charge in [0.2, 0.25) is 0 Å². The summed E-state index contributed by atoms with van der Waals surface area (Å²) in [6.07, 6.45) is 0.992. The van der Waals surface area contributed by atoms with Gasteiger partial charge in [0.15, 0.2) is 0 Å². The summed E-state index contributed by atoms with van der Waals surface area (Å²) in [4.78, 5) is 5.97. The Hall–Kier alpha value is -0.870. The van der Waals surface area contributed by atoms with Crippen molar-refractivity contribution in [3.63, 3.8) is 0 Å². The highest BCUT2D eigenvalue weighted by atomic mass is 32.1. The molecule has 0 atom stereocenters. The number of hydrogen-bond donors (Lipinski definition) is 1. The van der Waals surface area contributed by atoms with Crippen LogP contribution in [0.2, 0.25) is 0 Å². The molecule has 2 aromatic rings. The van der Waals surface area contributed by atoms with Gasteiger partial charge in [-0.3, -0.25) is 0 Å². The zero-order valence-corrected chi connectivity index (χ0v) is 9.47. The first-order valence-electron chi connectivity index (χ1n) is 4.58. The SMILES string of the molecule is Cc1nc2c(s1)CNc1sccc1C2. The van der Waals surface area contributed by atoms with Crippen molar-refractivity contribution in [2.75, 3.05) is 5.32 Å². The molecule has 0 saturated heterocycles. The molecule has 1 N–H and O–H groups in total. The fourth-order valence-corrected chi connectivity index (χ4v) is 3.47. The van der Waals surface area contributed by atoms with Crippen LogP contribution in [0.3, 0.4) is 0 Å². The topological polar surface area (TPSA) is 24.9 Å². The molecule has 0 unspecified atom stereocenters. The summed E-state index contributed by atoms with van der Waals surface area (Å²) in [5.74, 6) is 0. The van der Waals surface area contributed by atoms with Crippen LogP contribution < -0.4 is 5.32 Å². The van der Waals surface area contributed by atoms with Crippen molar-refractivity contribution in [2.24, 2.45) is 0 Å². The van der Waals surface area contributed by atoms with Gasteiger partial charge in [-0.15, -0.1) is 22.7 Å². The Morgan fingerprint density at radius 1 is 1.50 bits per heavy atom. The van der Waals surface area contributed by atoms with Gasteiger partial charge in [-0.25, -0.2) is 4.98 Å². The third-order valence-electron chi connectivity index (χ3n) is 2.40. The van der Waals surface area contributed by atoms with Crippen molar-refractivity contribution < 1.29 is 0 Å². The van der Waals surface area contributed by atoms with Gasteiger partial charge in [-0.05, 0) is 23.9 Å². The minimum absolute atomic E-state index is 0.939. The zero-order valence-electron chi connectivity index (χ0n) is 7.83. The third-order valence-corrected chi connectivity index (χ3v) is 4.33. The fourth-order valence-electron chi connectivity index (χ4n) is 1.76. The number of aryl methyl sites for hydroxylation is 1. The number of nitrogens with zero attached hydrogens (tertiary/aromatic N) is 1. The van der Waals surface area contributed by atoms with Crippen LogP contribution in [0.25, 0.3) is 0 Å². The summed E-state index contributed by atoms with van der Waals surface area (Å²) < 4.78 is 0. The molecular weight excluding hydrogens is 212 g/mol. The molecule has 3 heterocycles. The first-order valence-corrected chi connectivity index (χ1v) is 6.28. The Kier molecular flexibility index (Phi) is 1.85. The van der Waals surface area contributed by atoms with Gasteiger partial charge in [0.25, 0.3) is 0 Å². The molecule has 0 amide bonds. The van der Waals surface area contributed by atoms with E-state index >= 15 is 0 Å². The molecule has 4 heteroatoms. The maximum Gasteiger partial charge on any atom is 0.0921 e. The van der Waals surface area contributed by atoms with Crippen LogP contribution in [0.4, 0.5) is 5.00 Å². The number of fused-ring (bicyclic) bond motifs is 2. The highest BCUT2D eigenvalue weighted by Crippen LogP contribution is 2.32. The number of thiophene rings is 1. The van der Waals surface area contributed by atoms with Crippen LogP contribution in [0.15, 0.2) is 11.4 Å². The van der Waals surface area contributed by atoms with Crippen LogP contribution >= 0.6 is 22.7 Å². The third kappa shape index (κ3) is 1.26. The molecule has 0 bridgehead atoms. The predicted octanol–water partition coefficient (Wildman–Crippen LogP) is 3.03. The Bertz CT molecular complexity index is 470. The normalized spacial score (nSPS) is 14.1. The molecule has 2 nitrogen and oxygen atoms in total. The molecular formula is C10H10N2S2. The summed E-state index contributed by atoms with van der Waals surface area (Å²) in [6, 6.07) is 2.19. The molecule has 1 aliphatic rings. The maximum absolute atomic E-state index is 4.57. The smallest absolute Gasteiger partial charge is 0.0921 e. The van der Waals surface area contributed by atoms with Crippen LogP contribution in [0.1, 0.15) is 21.1 Å². The fraction of sp³-hybridized carbons (Fsp3) is 0.300. The lowest BCUT2D eigenvalue weighted by Gasteiger charge is -1.99. The summed E-state index contributed by atoms with van der Waals surface area (Å²) >= 11 is 3.59. The van der Waals surface area contributed by atoms with Gasteiger partial charge in [-0.1, -0.05) is 0 Å². The Labute approximate surface area is 90.6 Å². The van der Waals surface area contributed by atoms with Gasteiger partial charge >= 0.3 is 0 Å². The Morgan fingerprint density at radius 3 is 3.36 bits per heavy atom. The molecule has 2 aromatic heterocycles. The van der Waals surface area contributed by atoms with Gasteiger partial charge < -0.3 is 5.32 Å². The molecule has 0 radical (unpaired) electrons. The van der Waals surface area contributed by atoms with E-state index in [1.807, 2.05) is 11.3 Å². The molecule has 3 rings (SSSR count). The molecule has 14 heavy (non-hydrogen) atoms. The first kappa shape index (κ1) is 8.44. The number of anilines is 1. The second kappa shape index (κ2) is 3.07. The first-order chi connectivity index (χ1) is 6.83. The average molecular weight is 222 g/mol. The second-order valence-corrected chi connectivity index (χ2v) is 5.61. The number of aromatic nitrogens is 1. The highest BCUT2D eigenvalue weighted by Gasteiger charge is 2.16. The molecule has 72 valence electrons. The van der Waals surface area contributed by atoms with E-state index in [9.17, 15) is 0 Å². The lowest BCUT2D eigenvalue weighted by atomic mass is 10.2. The van der Waals surface area contributed by atoms with E-state index in [1.54, 1.807) is 11.3 Å². The van der Waals surface area contributed by atoms with E-state index in [2.05, 4.69) is 28.7 Å². The van der Waals surface area contributed by atoms with Crippen molar-refractivity contribution in [1.82, 2.24) is 4.98 Å². The van der Waals surface area contributed by atoms with E-state index in [0.29, 0.717) is 0 Å². The van der Waals surface area contributed by atoms with Crippen molar-refractivity contribution in [3.8, 4) is 0 Å². The minimum Gasteiger partial charge on any atom is -0.372 e. The van der Waals surface area contributed by atoms with E-state index < -0.39 is 0 Å². The second-order valence-electron chi connectivity index (χ2n) is 3.41. The van der Waals surface area contributed by atoms with E-state index in [4.69, 9.17) is 0 Å². The number of rotatable bonds is 0. The average Bonchev–Trinajstić information content (AvgIpc) is 2.69. The van der Waals surface area contributed by atoms with E-state index in [0.717, 1.165) is 13.0 Å². The quantitative estimate of drug-likeness (QED) is 0.741. The zero-order chi connectivity index (χ0) is 9.54. The van der Waals surface area contributed by atoms with Crippen LogP contribution in [0, 0.1) is 6.92 Å².